The van der Waals surface area contributed by atoms with Crippen molar-refractivity contribution in [2.24, 2.45) is 0 Å². The van der Waals surface area contributed by atoms with Gasteiger partial charge >= 0.3 is 0 Å². The first-order chi connectivity index (χ1) is 16.3. The number of anilines is 1. The summed E-state index contributed by atoms with van der Waals surface area (Å²) in [6.07, 6.45) is 1.45. The van der Waals surface area contributed by atoms with Crippen LogP contribution in [0.4, 0.5) is 5.69 Å². The minimum Gasteiger partial charge on any atom is -0.497 e. The Morgan fingerprint density at radius 1 is 1.03 bits per heavy atom. The molecule has 0 aliphatic rings. The first-order valence-corrected chi connectivity index (χ1v) is 10.9. The molecule has 6 nitrogen and oxygen atoms in total. The van der Waals surface area contributed by atoms with Gasteiger partial charge in [0.1, 0.15) is 24.0 Å². The van der Waals surface area contributed by atoms with Crippen LogP contribution in [0.3, 0.4) is 0 Å². The smallest absolute Gasteiger partial charge is 0.266 e. The summed E-state index contributed by atoms with van der Waals surface area (Å²) in [6, 6.07) is 18.2. The summed E-state index contributed by atoms with van der Waals surface area (Å²) >= 11 is 6.48. The molecule has 0 aliphatic carbocycles. The summed E-state index contributed by atoms with van der Waals surface area (Å²) in [5.74, 6) is 0.908. The van der Waals surface area contributed by atoms with Gasteiger partial charge in [0.05, 0.1) is 19.2 Å². The second kappa shape index (κ2) is 11.3. The van der Waals surface area contributed by atoms with E-state index in [1.165, 1.54) is 13.2 Å². The van der Waals surface area contributed by atoms with Gasteiger partial charge in [-0.15, -0.1) is 0 Å². The summed E-state index contributed by atoms with van der Waals surface area (Å²) < 4.78 is 16.5. The second-order valence-corrected chi connectivity index (χ2v) is 8.08. The molecule has 0 saturated heterocycles. The van der Waals surface area contributed by atoms with Crippen molar-refractivity contribution in [2.75, 3.05) is 19.5 Å². The fourth-order valence-corrected chi connectivity index (χ4v) is 3.73. The Balaban J connectivity index is 1.80. The first-order valence-electron chi connectivity index (χ1n) is 10.5. The van der Waals surface area contributed by atoms with Gasteiger partial charge in [-0.05, 0) is 67.4 Å². The average molecular weight is 477 g/mol. The molecule has 0 unspecified atom stereocenters. The van der Waals surface area contributed by atoms with Crippen molar-refractivity contribution >= 4 is 29.3 Å². The summed E-state index contributed by atoms with van der Waals surface area (Å²) in [5, 5.41) is 12.5. The fraction of sp³-hybridized carbons (Fsp3) is 0.185. The number of halogens is 1. The number of carbonyl (C=O) groups excluding carboxylic acids is 1. The number of nitriles is 1. The van der Waals surface area contributed by atoms with Crippen LogP contribution in [-0.4, -0.2) is 20.1 Å². The normalized spacial score (nSPS) is 10.9. The van der Waals surface area contributed by atoms with E-state index in [-0.39, 0.29) is 5.57 Å². The summed E-state index contributed by atoms with van der Waals surface area (Å²) in [5.41, 5.74) is 4.29. The van der Waals surface area contributed by atoms with E-state index in [1.807, 2.05) is 32.0 Å². The first kappa shape index (κ1) is 24.7. The number of carbonyl (C=O) groups is 1. The summed E-state index contributed by atoms with van der Waals surface area (Å²) in [6.45, 7) is 4.38. The highest BCUT2D eigenvalue weighted by molar-refractivity contribution is 6.32. The van der Waals surface area contributed by atoms with Crippen molar-refractivity contribution < 1.29 is 19.0 Å². The topological polar surface area (TPSA) is 80.6 Å². The zero-order chi connectivity index (χ0) is 24.7. The van der Waals surface area contributed by atoms with E-state index in [9.17, 15) is 10.1 Å². The molecule has 3 aromatic carbocycles. The molecule has 0 spiro atoms. The third kappa shape index (κ3) is 6.31. The maximum absolute atomic E-state index is 12.6. The summed E-state index contributed by atoms with van der Waals surface area (Å²) in [7, 11) is 3.06. The van der Waals surface area contributed by atoms with Gasteiger partial charge in [-0.3, -0.25) is 4.79 Å². The van der Waals surface area contributed by atoms with E-state index in [2.05, 4.69) is 11.4 Å². The lowest BCUT2D eigenvalue weighted by atomic mass is 10.1. The lowest BCUT2D eigenvalue weighted by molar-refractivity contribution is -0.112. The maximum Gasteiger partial charge on any atom is 0.266 e. The van der Waals surface area contributed by atoms with Gasteiger partial charge in [0, 0.05) is 5.69 Å². The minimum atomic E-state index is -0.544. The molecule has 174 valence electrons. The number of aryl methyl sites for hydroxylation is 2. The zero-order valence-electron chi connectivity index (χ0n) is 19.4. The van der Waals surface area contributed by atoms with Crippen LogP contribution in [-0.2, 0) is 11.4 Å². The number of nitrogens with one attached hydrogen (secondary N) is 1. The average Bonchev–Trinajstić information content (AvgIpc) is 2.81. The molecule has 0 aromatic heterocycles. The Labute approximate surface area is 204 Å². The van der Waals surface area contributed by atoms with Crippen molar-refractivity contribution in [3.05, 3.63) is 87.4 Å². The Morgan fingerprint density at radius 3 is 2.29 bits per heavy atom. The van der Waals surface area contributed by atoms with Gasteiger partial charge in [-0.1, -0.05) is 40.9 Å². The van der Waals surface area contributed by atoms with Crippen LogP contribution in [0.1, 0.15) is 22.3 Å². The molecular weight excluding hydrogens is 452 g/mol. The van der Waals surface area contributed by atoms with Crippen molar-refractivity contribution in [2.45, 2.75) is 20.5 Å². The molecule has 7 heteroatoms. The van der Waals surface area contributed by atoms with E-state index >= 15 is 0 Å². The predicted molar refractivity (Wildman–Crippen MR) is 133 cm³/mol. The quantitative estimate of drug-likeness (QED) is 0.314. The highest BCUT2D eigenvalue weighted by Crippen LogP contribution is 2.37. The highest BCUT2D eigenvalue weighted by Gasteiger charge is 2.15. The van der Waals surface area contributed by atoms with Crippen LogP contribution >= 0.6 is 11.6 Å². The van der Waals surface area contributed by atoms with Crippen LogP contribution in [0.25, 0.3) is 6.08 Å². The molecule has 3 rings (SSSR count). The third-order valence-electron chi connectivity index (χ3n) is 4.94. The molecule has 0 atom stereocenters. The molecule has 0 fully saturated rings. The van der Waals surface area contributed by atoms with Gasteiger partial charge < -0.3 is 19.5 Å². The number of amides is 1. The van der Waals surface area contributed by atoms with Crippen LogP contribution in [0.2, 0.25) is 5.02 Å². The predicted octanol–water partition coefficient (Wildman–Crippen LogP) is 6.10. The Hall–Kier alpha value is -3.95. The van der Waals surface area contributed by atoms with Crippen molar-refractivity contribution in [3.8, 4) is 23.3 Å². The van der Waals surface area contributed by atoms with Crippen molar-refractivity contribution in [1.82, 2.24) is 0 Å². The number of ether oxygens (including phenoxy) is 3. The highest BCUT2D eigenvalue weighted by atomic mass is 35.5. The zero-order valence-corrected chi connectivity index (χ0v) is 20.2. The maximum atomic E-state index is 12.6. The van der Waals surface area contributed by atoms with Gasteiger partial charge in [-0.25, -0.2) is 0 Å². The van der Waals surface area contributed by atoms with E-state index in [1.54, 1.807) is 43.5 Å². The number of hydrogen-bond acceptors (Lipinski definition) is 5. The number of rotatable bonds is 8. The van der Waals surface area contributed by atoms with E-state index in [0.717, 1.165) is 16.7 Å². The number of methoxy groups -OCH3 is 2. The van der Waals surface area contributed by atoms with Crippen molar-refractivity contribution in [1.29, 1.82) is 5.26 Å². The lowest BCUT2D eigenvalue weighted by Crippen LogP contribution is -2.13. The van der Waals surface area contributed by atoms with Gasteiger partial charge in [0.15, 0.2) is 11.5 Å². The number of benzene rings is 3. The molecule has 0 aliphatic heterocycles. The van der Waals surface area contributed by atoms with E-state index in [0.29, 0.717) is 40.1 Å². The molecule has 3 aromatic rings. The molecule has 0 bridgehead atoms. The number of nitrogens with zero attached hydrogens (tertiary/aromatic N) is 1. The molecule has 1 N–H and O–H groups in total. The SMILES string of the molecule is COc1ccc(NC(=O)/C(C#N)=C/c2cc(Cl)c(OCc3cc(C)cc(C)c3)c(OC)c2)cc1. The minimum absolute atomic E-state index is 0.0853. The molecular formula is C27H25ClN2O4. The number of hydrogen-bond donors (Lipinski definition) is 1. The molecule has 34 heavy (non-hydrogen) atoms. The molecule has 0 heterocycles. The Morgan fingerprint density at radius 2 is 1.71 bits per heavy atom. The van der Waals surface area contributed by atoms with Gasteiger partial charge in [0.2, 0.25) is 0 Å². The van der Waals surface area contributed by atoms with E-state index < -0.39 is 5.91 Å². The van der Waals surface area contributed by atoms with Crippen molar-refractivity contribution in [3.63, 3.8) is 0 Å². The Kier molecular flexibility index (Phi) is 8.18. The fourth-order valence-electron chi connectivity index (χ4n) is 3.46. The van der Waals surface area contributed by atoms with Crippen LogP contribution in [0.15, 0.2) is 60.2 Å². The lowest BCUT2D eigenvalue weighted by Gasteiger charge is -2.14. The van der Waals surface area contributed by atoms with Crippen LogP contribution in [0.5, 0.6) is 17.2 Å². The summed E-state index contributed by atoms with van der Waals surface area (Å²) in [4.78, 5) is 12.6. The van der Waals surface area contributed by atoms with Crippen LogP contribution < -0.4 is 19.5 Å². The largest absolute Gasteiger partial charge is 0.497 e. The Bertz CT molecular complexity index is 1240. The van der Waals surface area contributed by atoms with Crippen LogP contribution in [0, 0.1) is 25.2 Å². The molecule has 1 amide bonds. The monoisotopic (exact) mass is 476 g/mol. The molecule has 0 radical (unpaired) electrons. The third-order valence-corrected chi connectivity index (χ3v) is 5.22. The van der Waals surface area contributed by atoms with Gasteiger partial charge in [-0.2, -0.15) is 5.26 Å². The van der Waals surface area contributed by atoms with Gasteiger partial charge in [0.25, 0.3) is 5.91 Å². The second-order valence-electron chi connectivity index (χ2n) is 7.67. The van der Waals surface area contributed by atoms with E-state index in [4.69, 9.17) is 25.8 Å². The standard InChI is InChI=1S/C27H25ClN2O4/c1-17-9-18(2)11-20(10-17)16-34-26-24(28)13-19(14-25(26)33-4)12-21(15-29)27(31)30-22-5-7-23(32-3)8-6-22/h5-14H,16H2,1-4H3,(H,30,31)/b21-12+. The molecule has 0 saturated carbocycles.